The summed E-state index contributed by atoms with van der Waals surface area (Å²) in [6.07, 6.45) is 1.97. The van der Waals surface area contributed by atoms with Crippen LogP contribution in [0.3, 0.4) is 0 Å². The molecule has 3 rings (SSSR count). The zero-order chi connectivity index (χ0) is 18.0. The van der Waals surface area contributed by atoms with Gasteiger partial charge in [0.25, 0.3) is 0 Å². The molecular weight excluding hydrogens is 340 g/mol. The number of hydrogen-bond acceptors (Lipinski definition) is 2. The third kappa shape index (κ3) is 5.60. The lowest BCUT2D eigenvalue weighted by Gasteiger charge is -2.15. The van der Waals surface area contributed by atoms with E-state index >= 15 is 0 Å². The lowest BCUT2D eigenvalue weighted by Crippen LogP contribution is -2.19. The zero-order valence-corrected chi connectivity index (χ0v) is 15.3. The molecule has 0 amide bonds. The minimum Gasteiger partial charge on any atom is -0.491 e. The third-order valence-electron chi connectivity index (χ3n) is 3.88. The predicted octanol–water partition coefficient (Wildman–Crippen LogP) is 5.51. The summed E-state index contributed by atoms with van der Waals surface area (Å²) in [4.78, 5) is 0. The highest BCUT2D eigenvalue weighted by Crippen LogP contribution is 2.24. The van der Waals surface area contributed by atoms with Crippen LogP contribution in [0.4, 0.5) is 11.4 Å². The molecule has 0 saturated heterocycles. The fraction of sp³-hybridized carbons (Fsp3) is 0.136. The summed E-state index contributed by atoms with van der Waals surface area (Å²) in [6.45, 7) is 0.659. The Hall–Kier alpha value is -2.85. The third-order valence-corrected chi connectivity index (χ3v) is 4.08. The van der Waals surface area contributed by atoms with E-state index in [-0.39, 0.29) is 0 Å². The van der Waals surface area contributed by atoms with Gasteiger partial charge in [-0.15, -0.1) is 0 Å². The maximum absolute atomic E-state index is 5.96. The molecule has 0 spiro atoms. The Balaban J connectivity index is 1.51. The molecule has 0 aliphatic rings. The maximum Gasteiger partial charge on any atom is 0.175 e. The van der Waals surface area contributed by atoms with Crippen LogP contribution in [0.15, 0.2) is 84.9 Å². The van der Waals surface area contributed by atoms with Crippen LogP contribution in [0, 0.1) is 0 Å². The number of aryl methyl sites for hydroxylation is 1. The van der Waals surface area contributed by atoms with E-state index in [0.29, 0.717) is 11.7 Å². The Bertz CT molecular complexity index is 822. The molecule has 3 aromatic rings. The minimum absolute atomic E-state index is 0.538. The second-order valence-corrected chi connectivity index (χ2v) is 6.29. The van der Waals surface area contributed by atoms with Crippen LogP contribution in [0.5, 0.6) is 5.75 Å². The summed E-state index contributed by atoms with van der Waals surface area (Å²) < 4.78 is 5.96. The summed E-state index contributed by atoms with van der Waals surface area (Å²) in [7, 11) is 0. The Morgan fingerprint density at radius 1 is 0.769 bits per heavy atom. The Morgan fingerprint density at radius 3 is 2.19 bits per heavy atom. The van der Waals surface area contributed by atoms with E-state index in [4.69, 9.17) is 17.0 Å². The molecule has 0 aromatic heterocycles. The maximum atomic E-state index is 5.96. The van der Waals surface area contributed by atoms with Crippen molar-refractivity contribution in [1.82, 2.24) is 0 Å². The number of nitrogens with one attached hydrogen (secondary N) is 2. The monoisotopic (exact) mass is 362 g/mol. The lowest BCUT2D eigenvalue weighted by molar-refractivity contribution is 0.312. The van der Waals surface area contributed by atoms with Gasteiger partial charge in [-0.2, -0.15) is 0 Å². The molecule has 3 nitrogen and oxygen atoms in total. The van der Waals surface area contributed by atoms with E-state index < -0.39 is 0 Å². The fourth-order valence-corrected chi connectivity index (χ4v) is 2.83. The Morgan fingerprint density at radius 2 is 1.42 bits per heavy atom. The second kappa shape index (κ2) is 9.59. The normalized spacial score (nSPS) is 10.2. The molecule has 0 aliphatic carbocycles. The number of rotatable bonds is 7. The van der Waals surface area contributed by atoms with Crippen LogP contribution in [-0.4, -0.2) is 11.7 Å². The van der Waals surface area contributed by atoms with Crippen molar-refractivity contribution >= 4 is 28.7 Å². The molecule has 0 heterocycles. The van der Waals surface area contributed by atoms with Crippen LogP contribution in [0.2, 0.25) is 0 Å². The van der Waals surface area contributed by atoms with Crippen LogP contribution in [-0.2, 0) is 6.42 Å². The summed E-state index contributed by atoms with van der Waals surface area (Å²) in [6, 6.07) is 28.1. The molecular formula is C22H22N2OS. The number of ether oxygens (including phenoxy) is 1. The van der Waals surface area contributed by atoms with Crippen LogP contribution >= 0.6 is 12.2 Å². The smallest absolute Gasteiger partial charge is 0.175 e. The first-order chi connectivity index (χ1) is 12.8. The predicted molar refractivity (Wildman–Crippen MR) is 113 cm³/mol. The molecule has 2 N–H and O–H groups in total. The average Bonchev–Trinajstić information content (AvgIpc) is 2.68. The van der Waals surface area contributed by atoms with Gasteiger partial charge < -0.3 is 15.4 Å². The van der Waals surface area contributed by atoms with Gasteiger partial charge in [-0.25, -0.2) is 0 Å². The highest BCUT2D eigenvalue weighted by Gasteiger charge is 2.05. The first kappa shape index (κ1) is 18.0. The summed E-state index contributed by atoms with van der Waals surface area (Å²) in [5.74, 6) is 0.803. The summed E-state index contributed by atoms with van der Waals surface area (Å²) in [5.41, 5.74) is 3.14. The van der Waals surface area contributed by atoms with Crippen molar-refractivity contribution in [3.05, 3.63) is 90.5 Å². The van der Waals surface area contributed by atoms with Gasteiger partial charge in [0.05, 0.1) is 12.3 Å². The van der Waals surface area contributed by atoms with Crippen molar-refractivity contribution in [3.63, 3.8) is 0 Å². The van der Waals surface area contributed by atoms with Crippen LogP contribution in [0.25, 0.3) is 0 Å². The van der Waals surface area contributed by atoms with E-state index in [9.17, 15) is 0 Å². The molecule has 132 valence electrons. The van der Waals surface area contributed by atoms with E-state index in [0.717, 1.165) is 30.0 Å². The number of hydrogen-bond donors (Lipinski definition) is 2. The van der Waals surface area contributed by atoms with E-state index in [1.807, 2.05) is 60.7 Å². The van der Waals surface area contributed by atoms with E-state index in [1.165, 1.54) is 5.56 Å². The molecule has 0 aliphatic heterocycles. The molecule has 0 saturated carbocycles. The van der Waals surface area contributed by atoms with Gasteiger partial charge in [0.1, 0.15) is 5.75 Å². The quantitative estimate of drug-likeness (QED) is 0.429. The lowest BCUT2D eigenvalue weighted by atomic mass is 10.1. The van der Waals surface area contributed by atoms with Crippen molar-refractivity contribution in [3.8, 4) is 5.75 Å². The van der Waals surface area contributed by atoms with Gasteiger partial charge in [0.15, 0.2) is 5.11 Å². The first-order valence-corrected chi connectivity index (χ1v) is 9.11. The van der Waals surface area contributed by atoms with Gasteiger partial charge in [-0.3, -0.25) is 0 Å². The fourth-order valence-electron chi connectivity index (χ4n) is 2.61. The number of para-hydroxylation sites is 3. The van der Waals surface area contributed by atoms with Crippen molar-refractivity contribution in [2.24, 2.45) is 0 Å². The van der Waals surface area contributed by atoms with Crippen molar-refractivity contribution in [2.45, 2.75) is 12.8 Å². The number of thiocarbonyl (C=S) groups is 1. The summed E-state index contributed by atoms with van der Waals surface area (Å²) >= 11 is 5.40. The van der Waals surface area contributed by atoms with Crippen LogP contribution in [0.1, 0.15) is 12.0 Å². The van der Waals surface area contributed by atoms with E-state index in [2.05, 4.69) is 34.9 Å². The second-order valence-electron chi connectivity index (χ2n) is 5.88. The van der Waals surface area contributed by atoms with Crippen molar-refractivity contribution < 1.29 is 4.74 Å². The molecule has 26 heavy (non-hydrogen) atoms. The molecule has 3 aromatic carbocycles. The average molecular weight is 362 g/mol. The molecule has 4 heteroatoms. The molecule has 0 unspecified atom stereocenters. The van der Waals surface area contributed by atoms with Gasteiger partial charge in [0, 0.05) is 5.69 Å². The highest BCUT2D eigenvalue weighted by molar-refractivity contribution is 7.80. The summed E-state index contributed by atoms with van der Waals surface area (Å²) in [5, 5.41) is 6.92. The molecule has 0 atom stereocenters. The standard InChI is InChI=1S/C22H22N2OS/c26-22(23-19-13-5-2-6-14-19)24-20-15-7-8-16-21(20)25-17-9-12-18-10-3-1-4-11-18/h1-8,10-11,13-16H,9,12,17H2,(H2,23,24,26). The first-order valence-electron chi connectivity index (χ1n) is 8.70. The van der Waals surface area contributed by atoms with E-state index in [1.54, 1.807) is 0 Å². The minimum atomic E-state index is 0.538. The Kier molecular flexibility index (Phi) is 6.62. The van der Waals surface area contributed by atoms with Gasteiger partial charge in [-0.05, 0) is 54.9 Å². The highest BCUT2D eigenvalue weighted by atomic mass is 32.1. The zero-order valence-electron chi connectivity index (χ0n) is 14.5. The van der Waals surface area contributed by atoms with Gasteiger partial charge in [0.2, 0.25) is 0 Å². The Labute approximate surface area is 160 Å². The topological polar surface area (TPSA) is 33.3 Å². The van der Waals surface area contributed by atoms with Crippen LogP contribution < -0.4 is 15.4 Å². The largest absolute Gasteiger partial charge is 0.491 e. The molecule has 0 bridgehead atoms. The molecule has 0 radical (unpaired) electrons. The van der Waals surface area contributed by atoms with Crippen molar-refractivity contribution in [2.75, 3.05) is 17.2 Å². The number of anilines is 2. The van der Waals surface area contributed by atoms with Gasteiger partial charge in [-0.1, -0.05) is 60.7 Å². The number of benzene rings is 3. The van der Waals surface area contributed by atoms with Crippen molar-refractivity contribution in [1.29, 1.82) is 0 Å². The molecule has 0 fully saturated rings. The SMILES string of the molecule is S=C(Nc1ccccc1)Nc1ccccc1OCCCc1ccccc1. The van der Waals surface area contributed by atoms with Gasteiger partial charge >= 0.3 is 0 Å².